The van der Waals surface area contributed by atoms with Crippen molar-refractivity contribution in [2.75, 3.05) is 13.2 Å². The summed E-state index contributed by atoms with van der Waals surface area (Å²) in [6.07, 6.45) is 11.8. The molecular weight excluding hydrogens is 496 g/mol. The summed E-state index contributed by atoms with van der Waals surface area (Å²) in [6.45, 7) is 23.9. The predicted octanol–water partition coefficient (Wildman–Crippen LogP) is 7.70. The number of unbranched alkanes of at least 4 members (excludes halogenated alkanes) is 1. The summed E-state index contributed by atoms with van der Waals surface area (Å²) < 4.78 is 23.9. The first-order chi connectivity index (χ1) is 17.5. The molecule has 1 fully saturated rings. The second-order valence-electron chi connectivity index (χ2n) is 12.8. The van der Waals surface area contributed by atoms with E-state index in [1.165, 1.54) is 5.57 Å². The minimum Gasteiger partial charge on any atom is -0.465 e. The largest absolute Gasteiger partial charge is 0.465 e. The van der Waals surface area contributed by atoms with Crippen LogP contribution < -0.4 is 0 Å². The van der Waals surface area contributed by atoms with Gasteiger partial charge in [0.05, 0.1) is 30.8 Å². The molecule has 1 heterocycles. The molecule has 0 spiro atoms. The van der Waals surface area contributed by atoms with Crippen molar-refractivity contribution in [3.63, 3.8) is 0 Å². The van der Waals surface area contributed by atoms with Crippen molar-refractivity contribution in [2.45, 2.75) is 131 Å². The smallest absolute Gasteiger partial charge is 0.314 e. The van der Waals surface area contributed by atoms with E-state index in [2.05, 4.69) is 65.1 Å². The third kappa shape index (κ3) is 10.9. The van der Waals surface area contributed by atoms with Gasteiger partial charge in [-0.25, -0.2) is 0 Å². The molecule has 0 bridgehead atoms. The Kier molecular flexibility index (Phi) is 13.4. The van der Waals surface area contributed by atoms with Gasteiger partial charge in [0.1, 0.15) is 6.29 Å². The zero-order valence-electron chi connectivity index (χ0n) is 25.9. The van der Waals surface area contributed by atoms with Gasteiger partial charge in [0.2, 0.25) is 0 Å². The number of hydrogen-bond acceptors (Lipinski definition) is 6. The lowest BCUT2D eigenvalue weighted by atomic mass is 9.77. The number of rotatable bonds is 14. The summed E-state index contributed by atoms with van der Waals surface area (Å²) >= 11 is 0. The van der Waals surface area contributed by atoms with Gasteiger partial charge in [-0.3, -0.25) is 4.79 Å². The molecule has 0 saturated carbocycles. The fraction of sp³-hybridized carbons (Fsp3) is 0.742. The molecule has 0 unspecified atom stereocenters. The van der Waals surface area contributed by atoms with Crippen molar-refractivity contribution in [3.8, 4) is 0 Å². The topological polar surface area (TPSA) is 71.1 Å². The summed E-state index contributed by atoms with van der Waals surface area (Å²) in [5.74, 6) is -1.18. The third-order valence-electron chi connectivity index (χ3n) is 7.69. The van der Waals surface area contributed by atoms with E-state index < -0.39 is 25.6 Å². The van der Waals surface area contributed by atoms with Gasteiger partial charge in [0, 0.05) is 12.8 Å². The standard InChI is InChI=1S/C31H54O6Si/c1-12-34-28(33)31(9,27-22-26(19-21-32)36-30(7,8)37-27)20-18-24(2)16-14-13-15-17-25(3)23-35-38(10,11)29(4,5)6/h14,16-18,21,26-27H,12-13,15,19-20,22-23H2,1-11H3/b16-14+,24-18+,25-17+/t26-,27-,31+/m1/s1. The summed E-state index contributed by atoms with van der Waals surface area (Å²) in [6, 6.07) is 0. The molecule has 0 aromatic carbocycles. The van der Waals surface area contributed by atoms with Crippen molar-refractivity contribution in [1.82, 2.24) is 0 Å². The Morgan fingerprint density at radius 3 is 2.32 bits per heavy atom. The SMILES string of the molecule is CCOC(=O)[C@@](C)(C/C=C(C)/C=C/CC/C=C(\C)CO[Si](C)(C)C(C)(C)C)[C@H]1C[C@@H](CC=O)OC(C)(C)O1. The summed E-state index contributed by atoms with van der Waals surface area (Å²) in [4.78, 5) is 24.3. The monoisotopic (exact) mass is 550 g/mol. The Bertz CT molecular complexity index is 864. The second kappa shape index (κ2) is 14.7. The van der Waals surface area contributed by atoms with E-state index in [0.717, 1.165) is 24.7 Å². The van der Waals surface area contributed by atoms with Gasteiger partial charge >= 0.3 is 5.97 Å². The van der Waals surface area contributed by atoms with Crippen LogP contribution in [0.15, 0.2) is 35.5 Å². The first-order valence-corrected chi connectivity index (χ1v) is 17.0. The Balaban J connectivity index is 2.80. The van der Waals surface area contributed by atoms with Crippen molar-refractivity contribution < 1.29 is 28.2 Å². The van der Waals surface area contributed by atoms with Gasteiger partial charge in [-0.15, -0.1) is 0 Å². The first-order valence-electron chi connectivity index (χ1n) is 14.1. The Labute approximate surface area is 233 Å². The van der Waals surface area contributed by atoms with Crippen LogP contribution in [0.3, 0.4) is 0 Å². The van der Waals surface area contributed by atoms with Gasteiger partial charge in [-0.05, 0) is 78.9 Å². The molecule has 1 aliphatic heterocycles. The maximum atomic E-state index is 13.1. The quantitative estimate of drug-likeness (QED) is 0.0551. The Morgan fingerprint density at radius 2 is 1.74 bits per heavy atom. The van der Waals surface area contributed by atoms with E-state index in [1.54, 1.807) is 0 Å². The fourth-order valence-electron chi connectivity index (χ4n) is 4.10. The lowest BCUT2D eigenvalue weighted by Gasteiger charge is -2.46. The molecule has 1 rings (SSSR count). The molecule has 1 aliphatic rings. The van der Waals surface area contributed by atoms with E-state index in [1.807, 2.05) is 34.6 Å². The first kappa shape index (κ1) is 34.5. The maximum absolute atomic E-state index is 13.1. The van der Waals surface area contributed by atoms with Crippen LogP contribution >= 0.6 is 0 Å². The molecular formula is C31H54O6Si. The molecule has 0 radical (unpaired) electrons. The van der Waals surface area contributed by atoms with Gasteiger partial charge in [-0.1, -0.05) is 56.2 Å². The lowest BCUT2D eigenvalue weighted by molar-refractivity contribution is -0.315. The highest BCUT2D eigenvalue weighted by atomic mass is 28.4. The number of allylic oxidation sites excluding steroid dienone is 5. The average Bonchev–Trinajstić information content (AvgIpc) is 2.79. The van der Waals surface area contributed by atoms with Crippen LogP contribution in [0.5, 0.6) is 0 Å². The van der Waals surface area contributed by atoms with Gasteiger partial charge in [-0.2, -0.15) is 0 Å². The molecule has 218 valence electrons. The van der Waals surface area contributed by atoms with E-state index in [9.17, 15) is 9.59 Å². The van der Waals surface area contributed by atoms with Crippen molar-refractivity contribution in [2.24, 2.45) is 5.41 Å². The number of carbonyl (C=O) groups is 2. The summed E-state index contributed by atoms with van der Waals surface area (Å²) in [7, 11) is -1.73. The second-order valence-corrected chi connectivity index (χ2v) is 17.6. The third-order valence-corrected chi connectivity index (χ3v) is 12.2. The molecule has 0 aromatic heterocycles. The Hall–Kier alpha value is -1.54. The summed E-state index contributed by atoms with van der Waals surface area (Å²) in [5, 5.41) is 0.216. The van der Waals surface area contributed by atoms with Gasteiger partial charge in [0.15, 0.2) is 14.1 Å². The molecule has 0 amide bonds. The minimum absolute atomic E-state index is 0.216. The highest BCUT2D eigenvalue weighted by molar-refractivity contribution is 6.74. The van der Waals surface area contributed by atoms with E-state index in [-0.39, 0.29) is 23.5 Å². The zero-order chi connectivity index (χ0) is 29.2. The zero-order valence-corrected chi connectivity index (χ0v) is 26.9. The van der Waals surface area contributed by atoms with Crippen LogP contribution in [-0.4, -0.2) is 51.8 Å². The number of ether oxygens (including phenoxy) is 3. The number of aldehydes is 1. The van der Waals surface area contributed by atoms with Crippen LogP contribution in [0.25, 0.3) is 0 Å². The molecule has 7 heteroatoms. The van der Waals surface area contributed by atoms with Crippen molar-refractivity contribution >= 4 is 20.6 Å². The van der Waals surface area contributed by atoms with E-state index >= 15 is 0 Å². The van der Waals surface area contributed by atoms with Crippen LogP contribution in [0.4, 0.5) is 0 Å². The molecule has 0 N–H and O–H groups in total. The van der Waals surface area contributed by atoms with Crippen molar-refractivity contribution in [1.29, 1.82) is 0 Å². The van der Waals surface area contributed by atoms with Crippen LogP contribution in [-0.2, 0) is 28.2 Å². The maximum Gasteiger partial charge on any atom is 0.314 e. The normalized spacial score (nSPS) is 22.8. The van der Waals surface area contributed by atoms with Crippen molar-refractivity contribution in [3.05, 3.63) is 35.5 Å². The molecule has 0 aromatic rings. The van der Waals surface area contributed by atoms with Crippen LogP contribution in [0.2, 0.25) is 18.1 Å². The van der Waals surface area contributed by atoms with E-state index in [0.29, 0.717) is 26.1 Å². The number of esters is 1. The van der Waals surface area contributed by atoms with Crippen LogP contribution in [0, 0.1) is 5.41 Å². The fourth-order valence-corrected chi connectivity index (χ4v) is 5.12. The molecule has 3 atom stereocenters. The number of hydrogen-bond donors (Lipinski definition) is 0. The molecule has 6 nitrogen and oxygen atoms in total. The molecule has 38 heavy (non-hydrogen) atoms. The Morgan fingerprint density at radius 1 is 1.08 bits per heavy atom. The average molecular weight is 551 g/mol. The molecule has 0 aliphatic carbocycles. The van der Waals surface area contributed by atoms with Gasteiger partial charge < -0.3 is 23.4 Å². The highest BCUT2D eigenvalue weighted by Crippen LogP contribution is 2.41. The minimum atomic E-state index is -1.73. The number of carbonyl (C=O) groups excluding carboxylic acids is 2. The van der Waals surface area contributed by atoms with E-state index in [4.69, 9.17) is 18.6 Å². The predicted molar refractivity (Wildman–Crippen MR) is 158 cm³/mol. The lowest BCUT2D eigenvalue weighted by Crippen LogP contribution is -2.53. The van der Waals surface area contributed by atoms with Crippen LogP contribution in [0.1, 0.15) is 94.4 Å². The molecule has 1 saturated heterocycles. The summed E-state index contributed by atoms with van der Waals surface area (Å²) in [5.41, 5.74) is 1.46. The van der Waals surface area contributed by atoms with Gasteiger partial charge in [0.25, 0.3) is 0 Å². The highest BCUT2D eigenvalue weighted by Gasteiger charge is 2.49.